The molecule has 0 aliphatic heterocycles. The fraction of sp³-hybridized carbons (Fsp3) is 0.667. The Labute approximate surface area is 79.1 Å². The van der Waals surface area contributed by atoms with E-state index in [2.05, 4.69) is 6.58 Å². The minimum atomic E-state index is -0.505. The van der Waals surface area contributed by atoms with Crippen molar-refractivity contribution in [3.8, 4) is 0 Å². The lowest BCUT2D eigenvalue weighted by molar-refractivity contribution is -0.116. The molecule has 0 spiro atoms. The number of hydroxylamine groups is 2. The van der Waals surface area contributed by atoms with Gasteiger partial charge in [-0.15, -0.1) is 6.58 Å². The third-order valence-corrected chi connectivity index (χ3v) is 1.11. The van der Waals surface area contributed by atoms with Gasteiger partial charge in [-0.2, -0.15) is 5.06 Å². The first-order chi connectivity index (χ1) is 5.90. The molecular formula is C9H17NO3. The monoisotopic (exact) mass is 187 g/mol. The third kappa shape index (κ3) is 5.25. The first-order valence-corrected chi connectivity index (χ1v) is 4.06. The Morgan fingerprint density at radius 2 is 2.08 bits per heavy atom. The molecule has 0 saturated carbocycles. The van der Waals surface area contributed by atoms with Crippen molar-refractivity contribution in [2.45, 2.75) is 26.4 Å². The number of rotatable bonds is 3. The molecule has 0 aromatic carbocycles. The fourth-order valence-electron chi connectivity index (χ4n) is 0.654. The van der Waals surface area contributed by atoms with Gasteiger partial charge in [-0.25, -0.2) is 4.79 Å². The Bertz CT molecular complexity index is 184. The SMILES string of the molecule is C=CCN(OC)C(=O)OC(C)(C)C. The highest BCUT2D eigenvalue weighted by atomic mass is 16.7. The van der Waals surface area contributed by atoms with Gasteiger partial charge in [0.25, 0.3) is 0 Å². The molecule has 0 rings (SSSR count). The van der Waals surface area contributed by atoms with E-state index in [0.29, 0.717) is 6.54 Å². The topological polar surface area (TPSA) is 38.8 Å². The molecule has 0 fully saturated rings. The van der Waals surface area contributed by atoms with Crippen LogP contribution in [-0.2, 0) is 9.57 Å². The van der Waals surface area contributed by atoms with Gasteiger partial charge >= 0.3 is 6.09 Å². The summed E-state index contributed by atoms with van der Waals surface area (Å²) >= 11 is 0. The number of carbonyl (C=O) groups excluding carboxylic acids is 1. The molecule has 0 N–H and O–H groups in total. The van der Waals surface area contributed by atoms with Crippen molar-refractivity contribution in [2.24, 2.45) is 0 Å². The van der Waals surface area contributed by atoms with Crippen molar-refractivity contribution in [2.75, 3.05) is 13.7 Å². The molecule has 0 aliphatic rings. The third-order valence-electron chi connectivity index (χ3n) is 1.11. The van der Waals surface area contributed by atoms with E-state index in [0.717, 1.165) is 5.06 Å². The van der Waals surface area contributed by atoms with E-state index in [9.17, 15) is 4.79 Å². The zero-order valence-corrected chi connectivity index (χ0v) is 8.66. The van der Waals surface area contributed by atoms with Crippen molar-refractivity contribution >= 4 is 6.09 Å². The van der Waals surface area contributed by atoms with Gasteiger partial charge in [0.1, 0.15) is 5.60 Å². The number of hydrogen-bond donors (Lipinski definition) is 0. The first-order valence-electron chi connectivity index (χ1n) is 4.06. The Kier molecular flexibility index (Phi) is 4.48. The second-order valence-electron chi connectivity index (χ2n) is 3.51. The Balaban J connectivity index is 4.13. The molecular weight excluding hydrogens is 170 g/mol. The minimum absolute atomic E-state index is 0.311. The summed E-state index contributed by atoms with van der Waals surface area (Å²) in [5.41, 5.74) is -0.505. The van der Waals surface area contributed by atoms with Crippen molar-refractivity contribution in [1.29, 1.82) is 0 Å². The number of ether oxygens (including phenoxy) is 1. The van der Waals surface area contributed by atoms with Gasteiger partial charge in [0, 0.05) is 0 Å². The average Bonchev–Trinajstić information content (AvgIpc) is 1.96. The van der Waals surface area contributed by atoms with Crippen LogP contribution in [0.3, 0.4) is 0 Å². The van der Waals surface area contributed by atoms with Crippen LogP contribution >= 0.6 is 0 Å². The summed E-state index contributed by atoms with van der Waals surface area (Å²) in [5.74, 6) is 0. The van der Waals surface area contributed by atoms with Crippen molar-refractivity contribution in [3.05, 3.63) is 12.7 Å². The highest BCUT2D eigenvalue weighted by Gasteiger charge is 2.21. The first kappa shape index (κ1) is 12.0. The maximum atomic E-state index is 11.3. The van der Waals surface area contributed by atoms with E-state index in [-0.39, 0.29) is 0 Å². The predicted molar refractivity (Wildman–Crippen MR) is 50.1 cm³/mol. The van der Waals surface area contributed by atoms with Gasteiger partial charge in [0.05, 0.1) is 13.7 Å². The minimum Gasteiger partial charge on any atom is -0.442 e. The highest BCUT2D eigenvalue weighted by Crippen LogP contribution is 2.09. The molecule has 0 radical (unpaired) electrons. The van der Waals surface area contributed by atoms with Gasteiger partial charge in [-0.05, 0) is 20.8 Å². The van der Waals surface area contributed by atoms with Crippen LogP contribution in [0.15, 0.2) is 12.7 Å². The lowest BCUT2D eigenvalue weighted by Gasteiger charge is -2.24. The molecule has 0 aromatic heterocycles. The zero-order chi connectivity index (χ0) is 10.5. The van der Waals surface area contributed by atoms with Crippen LogP contribution in [0.4, 0.5) is 4.79 Å². The molecule has 0 aliphatic carbocycles. The quantitative estimate of drug-likeness (QED) is 0.501. The fourth-order valence-corrected chi connectivity index (χ4v) is 0.654. The van der Waals surface area contributed by atoms with Crippen molar-refractivity contribution in [3.63, 3.8) is 0 Å². The van der Waals surface area contributed by atoms with E-state index in [1.54, 1.807) is 26.8 Å². The van der Waals surface area contributed by atoms with Gasteiger partial charge in [-0.1, -0.05) is 6.08 Å². The van der Waals surface area contributed by atoms with E-state index in [1.165, 1.54) is 7.11 Å². The standard InChI is InChI=1S/C9H17NO3/c1-6-7-10(12-5)8(11)13-9(2,3)4/h6H,1,7H2,2-5H3. The van der Waals surface area contributed by atoms with Crippen LogP contribution in [0.25, 0.3) is 0 Å². The lowest BCUT2D eigenvalue weighted by atomic mass is 10.2. The van der Waals surface area contributed by atoms with Crippen LogP contribution in [0, 0.1) is 0 Å². The summed E-state index contributed by atoms with van der Waals surface area (Å²) in [7, 11) is 1.41. The molecule has 0 atom stereocenters. The molecule has 76 valence electrons. The molecule has 0 unspecified atom stereocenters. The van der Waals surface area contributed by atoms with Gasteiger partial charge in [-0.3, -0.25) is 4.84 Å². The molecule has 0 aromatic rings. The number of nitrogens with zero attached hydrogens (tertiary/aromatic N) is 1. The second kappa shape index (κ2) is 4.87. The van der Waals surface area contributed by atoms with E-state index < -0.39 is 11.7 Å². The predicted octanol–water partition coefficient (Wildman–Crippen LogP) is 1.97. The number of carbonyl (C=O) groups is 1. The van der Waals surface area contributed by atoms with E-state index in [4.69, 9.17) is 9.57 Å². The van der Waals surface area contributed by atoms with Crippen LogP contribution in [-0.4, -0.2) is 30.4 Å². The molecule has 0 saturated heterocycles. The zero-order valence-electron chi connectivity index (χ0n) is 8.66. The molecule has 0 bridgehead atoms. The molecule has 0 heterocycles. The van der Waals surface area contributed by atoms with E-state index in [1.807, 2.05) is 0 Å². The van der Waals surface area contributed by atoms with Crippen LogP contribution < -0.4 is 0 Å². The van der Waals surface area contributed by atoms with Gasteiger partial charge in [0.15, 0.2) is 0 Å². The van der Waals surface area contributed by atoms with Crippen LogP contribution in [0.2, 0.25) is 0 Å². The Morgan fingerprint density at radius 3 is 2.38 bits per heavy atom. The maximum absolute atomic E-state index is 11.3. The molecule has 4 nitrogen and oxygen atoms in total. The van der Waals surface area contributed by atoms with Crippen LogP contribution in [0.5, 0.6) is 0 Å². The molecule has 13 heavy (non-hydrogen) atoms. The summed E-state index contributed by atoms with van der Waals surface area (Å²) < 4.78 is 5.06. The van der Waals surface area contributed by atoms with Gasteiger partial charge < -0.3 is 4.74 Å². The Morgan fingerprint density at radius 1 is 1.54 bits per heavy atom. The molecule has 4 heteroatoms. The largest absolute Gasteiger partial charge is 0.442 e. The van der Waals surface area contributed by atoms with Gasteiger partial charge in [0.2, 0.25) is 0 Å². The normalized spacial score (nSPS) is 10.8. The summed E-state index contributed by atoms with van der Waals surface area (Å²) in [6.45, 7) is 9.20. The average molecular weight is 187 g/mol. The van der Waals surface area contributed by atoms with Crippen molar-refractivity contribution in [1.82, 2.24) is 5.06 Å². The Hall–Kier alpha value is -1.03. The van der Waals surface area contributed by atoms with E-state index >= 15 is 0 Å². The number of hydrogen-bond acceptors (Lipinski definition) is 3. The lowest BCUT2D eigenvalue weighted by Crippen LogP contribution is -2.36. The summed E-state index contributed by atoms with van der Waals surface area (Å²) in [6, 6.07) is 0. The summed E-state index contributed by atoms with van der Waals surface area (Å²) in [5, 5.41) is 1.10. The molecule has 1 amide bonds. The van der Waals surface area contributed by atoms with Crippen molar-refractivity contribution < 1.29 is 14.4 Å². The second-order valence-corrected chi connectivity index (χ2v) is 3.51. The smallest absolute Gasteiger partial charge is 0.434 e. The maximum Gasteiger partial charge on any atom is 0.434 e. The number of amides is 1. The summed E-state index contributed by atoms with van der Waals surface area (Å²) in [4.78, 5) is 16.1. The van der Waals surface area contributed by atoms with Crippen LogP contribution in [0.1, 0.15) is 20.8 Å². The highest BCUT2D eigenvalue weighted by molar-refractivity contribution is 5.66. The summed E-state index contributed by atoms with van der Waals surface area (Å²) in [6.07, 6.45) is 1.06.